The molecule has 21 heavy (non-hydrogen) atoms. The minimum absolute atomic E-state index is 0.0816. The van der Waals surface area contributed by atoms with Crippen LogP contribution in [0, 0.1) is 5.92 Å². The van der Waals surface area contributed by atoms with Crippen molar-refractivity contribution in [3.8, 4) is 5.75 Å². The highest BCUT2D eigenvalue weighted by molar-refractivity contribution is 5.92. The van der Waals surface area contributed by atoms with Crippen molar-refractivity contribution in [1.82, 2.24) is 4.90 Å². The van der Waals surface area contributed by atoms with E-state index in [-0.39, 0.29) is 11.7 Å². The molecule has 0 saturated carbocycles. The van der Waals surface area contributed by atoms with Gasteiger partial charge in [-0.15, -0.1) is 0 Å². The normalized spacial score (nSPS) is 17.3. The summed E-state index contributed by atoms with van der Waals surface area (Å²) in [6.07, 6.45) is 1.19. The van der Waals surface area contributed by atoms with Crippen molar-refractivity contribution in [3.63, 3.8) is 0 Å². The number of rotatable bonds is 3. The molecule has 1 heterocycles. The number of nitrogens with zero attached hydrogens (tertiary/aromatic N) is 1. The van der Waals surface area contributed by atoms with E-state index in [9.17, 15) is 14.7 Å². The second-order valence-electron chi connectivity index (χ2n) is 5.60. The molecule has 1 aliphatic rings. The van der Waals surface area contributed by atoms with Gasteiger partial charge in [0.1, 0.15) is 5.75 Å². The van der Waals surface area contributed by atoms with Crippen LogP contribution in [0.3, 0.4) is 0 Å². The lowest BCUT2D eigenvalue weighted by atomic mass is 9.99. The fraction of sp³-hybridized carbons (Fsp3) is 0.500. The molecular formula is C16H21NO4. The summed E-state index contributed by atoms with van der Waals surface area (Å²) in [6.45, 7) is 5.22. The lowest BCUT2D eigenvalue weighted by Gasteiger charge is -2.31. The predicted molar refractivity (Wildman–Crippen MR) is 78.0 cm³/mol. The van der Waals surface area contributed by atoms with Crippen LogP contribution in [0.25, 0.3) is 0 Å². The second-order valence-corrected chi connectivity index (χ2v) is 5.60. The molecule has 0 radical (unpaired) electrons. The molecule has 1 fully saturated rings. The number of ether oxygens (including phenoxy) is 1. The molecular weight excluding hydrogens is 270 g/mol. The Morgan fingerprint density at radius 1 is 1.24 bits per heavy atom. The molecule has 1 atom stereocenters. The third-order valence-corrected chi connectivity index (χ3v) is 3.83. The minimum atomic E-state index is -0.792. The van der Waals surface area contributed by atoms with Gasteiger partial charge in [0.15, 0.2) is 6.10 Å². The number of phenolic OH excluding ortho intramolecular Hbond substituents is 1. The maximum absolute atomic E-state index is 12.2. The zero-order valence-corrected chi connectivity index (χ0v) is 12.4. The quantitative estimate of drug-likeness (QED) is 0.867. The summed E-state index contributed by atoms with van der Waals surface area (Å²) in [5.41, 5.74) is 0.319. The molecule has 1 aromatic rings. The molecule has 0 unspecified atom stereocenters. The van der Waals surface area contributed by atoms with Crippen LogP contribution in [0.4, 0.5) is 0 Å². The number of esters is 1. The molecule has 2 rings (SSSR count). The number of amides is 1. The Bertz CT molecular complexity index is 504. The Hall–Kier alpha value is -2.04. The first-order chi connectivity index (χ1) is 9.97. The Balaban J connectivity index is 1.91. The molecule has 1 N–H and O–H groups in total. The summed E-state index contributed by atoms with van der Waals surface area (Å²) in [7, 11) is 0. The summed E-state index contributed by atoms with van der Waals surface area (Å²) in [6, 6.07) is 5.76. The van der Waals surface area contributed by atoms with Crippen molar-refractivity contribution in [2.45, 2.75) is 32.8 Å². The minimum Gasteiger partial charge on any atom is -0.508 e. The van der Waals surface area contributed by atoms with Gasteiger partial charge in [-0.05, 0) is 49.9 Å². The third kappa shape index (κ3) is 3.97. The fourth-order valence-corrected chi connectivity index (χ4v) is 2.36. The van der Waals surface area contributed by atoms with Crippen LogP contribution in [-0.4, -0.2) is 41.1 Å². The van der Waals surface area contributed by atoms with Gasteiger partial charge in [0.2, 0.25) is 0 Å². The molecule has 1 saturated heterocycles. The van der Waals surface area contributed by atoms with E-state index in [0.717, 1.165) is 25.9 Å². The Kier molecular flexibility index (Phi) is 4.83. The molecule has 1 aromatic carbocycles. The lowest BCUT2D eigenvalue weighted by molar-refractivity contribution is -0.141. The van der Waals surface area contributed by atoms with E-state index in [1.807, 2.05) is 0 Å². The van der Waals surface area contributed by atoms with Gasteiger partial charge in [-0.1, -0.05) is 6.92 Å². The second kappa shape index (κ2) is 6.61. The van der Waals surface area contributed by atoms with Crippen LogP contribution in [0.2, 0.25) is 0 Å². The first-order valence-corrected chi connectivity index (χ1v) is 7.26. The molecule has 0 spiro atoms. The van der Waals surface area contributed by atoms with Gasteiger partial charge in [-0.25, -0.2) is 4.79 Å². The van der Waals surface area contributed by atoms with Crippen LogP contribution in [-0.2, 0) is 9.53 Å². The molecule has 1 amide bonds. The summed E-state index contributed by atoms with van der Waals surface area (Å²) in [4.78, 5) is 25.9. The fourth-order valence-electron chi connectivity index (χ4n) is 2.36. The number of benzene rings is 1. The highest BCUT2D eigenvalue weighted by atomic mass is 16.5. The highest BCUT2D eigenvalue weighted by Crippen LogP contribution is 2.18. The van der Waals surface area contributed by atoms with Crippen LogP contribution >= 0.6 is 0 Å². The van der Waals surface area contributed by atoms with Gasteiger partial charge in [0.25, 0.3) is 5.91 Å². The molecule has 0 aromatic heterocycles. The average molecular weight is 291 g/mol. The van der Waals surface area contributed by atoms with Gasteiger partial charge in [-0.3, -0.25) is 4.79 Å². The number of carbonyl (C=O) groups excluding carboxylic acids is 2. The molecule has 0 bridgehead atoms. The molecule has 5 heteroatoms. The molecule has 0 aliphatic carbocycles. The SMILES string of the molecule is CC1CCN(C(=O)[C@H](C)OC(=O)c2ccc(O)cc2)CC1. The van der Waals surface area contributed by atoms with Gasteiger partial charge in [0, 0.05) is 13.1 Å². The summed E-state index contributed by atoms with van der Waals surface area (Å²) in [5.74, 6) is 0.0252. The van der Waals surface area contributed by atoms with Crippen molar-refractivity contribution in [2.24, 2.45) is 5.92 Å². The number of hydrogen-bond donors (Lipinski definition) is 1. The Morgan fingerprint density at radius 2 is 1.81 bits per heavy atom. The van der Waals surface area contributed by atoms with E-state index in [4.69, 9.17) is 4.74 Å². The van der Waals surface area contributed by atoms with E-state index >= 15 is 0 Å². The highest BCUT2D eigenvalue weighted by Gasteiger charge is 2.27. The Morgan fingerprint density at radius 3 is 2.38 bits per heavy atom. The van der Waals surface area contributed by atoms with Gasteiger partial charge < -0.3 is 14.7 Å². The number of likely N-dealkylation sites (tertiary alicyclic amines) is 1. The van der Waals surface area contributed by atoms with E-state index in [0.29, 0.717) is 11.5 Å². The van der Waals surface area contributed by atoms with Gasteiger partial charge >= 0.3 is 5.97 Å². The van der Waals surface area contributed by atoms with E-state index in [2.05, 4.69) is 6.92 Å². The van der Waals surface area contributed by atoms with Crippen LogP contribution in [0.15, 0.2) is 24.3 Å². The number of hydrogen-bond acceptors (Lipinski definition) is 4. The predicted octanol–water partition coefficient (Wildman–Crippen LogP) is 2.20. The number of carbonyl (C=O) groups is 2. The number of phenols is 1. The van der Waals surface area contributed by atoms with Crippen LogP contribution in [0.5, 0.6) is 5.75 Å². The smallest absolute Gasteiger partial charge is 0.338 e. The zero-order chi connectivity index (χ0) is 15.4. The van der Waals surface area contributed by atoms with Crippen molar-refractivity contribution in [1.29, 1.82) is 0 Å². The number of piperidine rings is 1. The monoisotopic (exact) mass is 291 g/mol. The zero-order valence-electron chi connectivity index (χ0n) is 12.4. The third-order valence-electron chi connectivity index (χ3n) is 3.83. The van der Waals surface area contributed by atoms with Crippen molar-refractivity contribution < 1.29 is 19.4 Å². The maximum atomic E-state index is 12.2. The molecule has 114 valence electrons. The lowest BCUT2D eigenvalue weighted by Crippen LogP contribution is -2.44. The van der Waals surface area contributed by atoms with Crippen molar-refractivity contribution in [2.75, 3.05) is 13.1 Å². The maximum Gasteiger partial charge on any atom is 0.338 e. The van der Waals surface area contributed by atoms with Crippen molar-refractivity contribution in [3.05, 3.63) is 29.8 Å². The van der Waals surface area contributed by atoms with E-state index in [1.54, 1.807) is 11.8 Å². The number of aromatic hydroxyl groups is 1. The van der Waals surface area contributed by atoms with E-state index in [1.165, 1.54) is 24.3 Å². The molecule has 1 aliphatic heterocycles. The molecule has 5 nitrogen and oxygen atoms in total. The van der Waals surface area contributed by atoms with Crippen LogP contribution in [0.1, 0.15) is 37.0 Å². The van der Waals surface area contributed by atoms with E-state index < -0.39 is 12.1 Å². The Labute approximate surface area is 124 Å². The summed E-state index contributed by atoms with van der Waals surface area (Å²) < 4.78 is 5.21. The first kappa shape index (κ1) is 15.4. The van der Waals surface area contributed by atoms with Crippen molar-refractivity contribution >= 4 is 11.9 Å². The first-order valence-electron chi connectivity index (χ1n) is 7.26. The standard InChI is InChI=1S/C16H21NO4/c1-11-7-9-17(10-8-11)15(19)12(2)21-16(20)13-3-5-14(18)6-4-13/h3-6,11-12,18H,7-10H2,1-2H3/t12-/m0/s1. The van der Waals surface area contributed by atoms with Gasteiger partial charge in [0.05, 0.1) is 5.56 Å². The van der Waals surface area contributed by atoms with Gasteiger partial charge in [-0.2, -0.15) is 0 Å². The van der Waals surface area contributed by atoms with Crippen LogP contribution < -0.4 is 0 Å². The average Bonchev–Trinajstić information content (AvgIpc) is 2.47. The topological polar surface area (TPSA) is 66.8 Å². The largest absolute Gasteiger partial charge is 0.508 e. The summed E-state index contributed by atoms with van der Waals surface area (Å²) in [5, 5.41) is 9.19. The summed E-state index contributed by atoms with van der Waals surface area (Å²) >= 11 is 0.